The summed E-state index contributed by atoms with van der Waals surface area (Å²) < 4.78 is 5.10. The maximum Gasteiger partial charge on any atom is 0.409 e. The number of Topliss-reactive ketones (excluding diaryl/α,β-unsaturated/α-hetero) is 1. The second-order valence-corrected chi connectivity index (χ2v) is 7.60. The second kappa shape index (κ2) is 12.0. The van der Waals surface area contributed by atoms with E-state index in [0.717, 1.165) is 32.1 Å². The summed E-state index contributed by atoms with van der Waals surface area (Å²) in [5.41, 5.74) is 5.38. The van der Waals surface area contributed by atoms with E-state index >= 15 is 0 Å². The monoisotopic (exact) mass is 381 g/mol. The molecule has 0 radical (unpaired) electrons. The number of nitrogens with zero attached hydrogens (tertiary/aromatic N) is 2. The molecule has 0 aliphatic carbocycles. The molecule has 1 unspecified atom stereocenters. The van der Waals surface area contributed by atoms with Crippen LogP contribution >= 0.6 is 0 Å². The van der Waals surface area contributed by atoms with Gasteiger partial charge in [-0.25, -0.2) is 4.79 Å². The van der Waals surface area contributed by atoms with Gasteiger partial charge in [-0.15, -0.1) is 0 Å². The summed E-state index contributed by atoms with van der Waals surface area (Å²) in [4.78, 5) is 40.9. The van der Waals surface area contributed by atoms with Gasteiger partial charge in [-0.05, 0) is 12.8 Å². The molecule has 2 rings (SSSR count). The minimum absolute atomic E-state index is 0.0400. The fourth-order valence-corrected chi connectivity index (χ4v) is 3.88. The molecule has 1 atom stereocenters. The predicted octanol–water partition coefficient (Wildman–Crippen LogP) is 2.47. The van der Waals surface area contributed by atoms with Crippen molar-refractivity contribution in [2.75, 3.05) is 32.8 Å². The van der Waals surface area contributed by atoms with Crippen LogP contribution < -0.4 is 5.73 Å². The maximum absolute atomic E-state index is 12.8. The van der Waals surface area contributed by atoms with Crippen molar-refractivity contribution < 1.29 is 19.1 Å². The molecule has 7 heteroatoms. The highest BCUT2D eigenvalue weighted by atomic mass is 16.6. The van der Waals surface area contributed by atoms with Crippen LogP contribution in [0.3, 0.4) is 0 Å². The Labute approximate surface area is 162 Å². The fourth-order valence-electron chi connectivity index (χ4n) is 3.88. The van der Waals surface area contributed by atoms with Crippen LogP contribution in [-0.4, -0.2) is 66.4 Å². The van der Waals surface area contributed by atoms with Gasteiger partial charge in [-0.2, -0.15) is 0 Å². The lowest BCUT2D eigenvalue weighted by Crippen LogP contribution is -2.59. The van der Waals surface area contributed by atoms with E-state index in [1.54, 1.807) is 4.90 Å². The number of piperazine rings is 1. The van der Waals surface area contributed by atoms with Crippen molar-refractivity contribution in [1.29, 1.82) is 0 Å². The van der Waals surface area contributed by atoms with Gasteiger partial charge in [0.05, 0.1) is 6.54 Å². The van der Waals surface area contributed by atoms with Crippen molar-refractivity contribution in [1.82, 2.24) is 9.80 Å². The summed E-state index contributed by atoms with van der Waals surface area (Å²) in [6.07, 6.45) is 10.4. The molecule has 0 aromatic rings. The van der Waals surface area contributed by atoms with Crippen LogP contribution in [0.2, 0.25) is 0 Å². The molecule has 2 aliphatic heterocycles. The Morgan fingerprint density at radius 3 is 2.15 bits per heavy atom. The largest absolute Gasteiger partial charge is 0.448 e. The van der Waals surface area contributed by atoms with Crippen LogP contribution in [0, 0.1) is 0 Å². The zero-order valence-electron chi connectivity index (χ0n) is 16.5. The molecule has 0 bridgehead atoms. The first kappa shape index (κ1) is 21.7. The molecule has 0 aromatic heterocycles. The summed E-state index contributed by atoms with van der Waals surface area (Å²) in [6.45, 7) is 1.46. The van der Waals surface area contributed by atoms with E-state index in [4.69, 9.17) is 10.5 Å². The van der Waals surface area contributed by atoms with Crippen molar-refractivity contribution in [2.24, 2.45) is 5.73 Å². The number of amides is 2. The lowest BCUT2D eigenvalue weighted by atomic mass is 10.0. The molecule has 7 nitrogen and oxygen atoms in total. The zero-order chi connectivity index (χ0) is 19.5. The van der Waals surface area contributed by atoms with E-state index in [-0.39, 0.29) is 31.4 Å². The summed E-state index contributed by atoms with van der Waals surface area (Å²) in [5.74, 6) is 0.104. The molecule has 2 heterocycles. The Bertz CT molecular complexity index is 498. The Morgan fingerprint density at radius 2 is 1.52 bits per heavy atom. The number of ether oxygens (including phenoxy) is 1. The Balaban J connectivity index is 2.02. The molecule has 154 valence electrons. The third-order valence-corrected chi connectivity index (χ3v) is 5.49. The van der Waals surface area contributed by atoms with Crippen LogP contribution in [0.5, 0.6) is 0 Å². The number of hydrogen-bond acceptors (Lipinski definition) is 5. The summed E-state index contributed by atoms with van der Waals surface area (Å²) >= 11 is 0. The minimum Gasteiger partial charge on any atom is -0.448 e. The fraction of sp³-hybridized carbons (Fsp3) is 0.850. The maximum atomic E-state index is 12.8. The second-order valence-electron chi connectivity index (χ2n) is 7.60. The Kier molecular flexibility index (Phi) is 9.59. The lowest BCUT2D eigenvalue weighted by molar-refractivity contribution is -0.142. The molecule has 0 spiro atoms. The van der Waals surface area contributed by atoms with Crippen molar-refractivity contribution >= 4 is 17.8 Å². The molecular weight excluding hydrogens is 346 g/mol. The van der Waals surface area contributed by atoms with Gasteiger partial charge in [0.25, 0.3) is 0 Å². The Hall–Kier alpha value is -1.63. The van der Waals surface area contributed by atoms with Gasteiger partial charge < -0.3 is 20.3 Å². The molecule has 2 saturated heterocycles. The highest BCUT2D eigenvalue weighted by Crippen LogP contribution is 2.19. The van der Waals surface area contributed by atoms with Crippen molar-refractivity contribution in [2.45, 2.75) is 76.7 Å². The molecule has 2 amide bonds. The number of fused-ring (bicyclic) bond motifs is 1. The minimum atomic E-state index is -0.540. The molecular formula is C20H35N3O4. The average Bonchev–Trinajstić information content (AvgIpc) is 2.69. The van der Waals surface area contributed by atoms with Crippen molar-refractivity contribution in [3.63, 3.8) is 0 Å². The van der Waals surface area contributed by atoms with Crippen LogP contribution in [-0.2, 0) is 14.3 Å². The van der Waals surface area contributed by atoms with E-state index in [2.05, 4.69) is 0 Å². The number of hydrogen-bond donors (Lipinski definition) is 1. The number of ketones is 1. The molecule has 0 aromatic carbocycles. The van der Waals surface area contributed by atoms with Gasteiger partial charge >= 0.3 is 6.09 Å². The quantitative estimate of drug-likeness (QED) is 0.793. The van der Waals surface area contributed by atoms with Crippen LogP contribution in [0.4, 0.5) is 4.79 Å². The molecule has 2 fully saturated rings. The SMILES string of the molecule is NCCOC(=O)N1CCN2C(=O)CCCCCCCCCCCC(=O)C2C1. The zero-order valence-corrected chi connectivity index (χ0v) is 16.5. The van der Waals surface area contributed by atoms with E-state index in [1.807, 2.05) is 0 Å². The number of nitrogens with two attached hydrogens (primary N) is 1. The van der Waals surface area contributed by atoms with Crippen molar-refractivity contribution in [3.05, 3.63) is 0 Å². The highest BCUT2D eigenvalue weighted by molar-refractivity contribution is 5.90. The Morgan fingerprint density at radius 1 is 0.926 bits per heavy atom. The molecule has 2 N–H and O–H groups in total. The number of carbonyl (C=O) groups excluding carboxylic acids is 3. The van der Waals surface area contributed by atoms with E-state index in [1.165, 1.54) is 30.6 Å². The average molecular weight is 382 g/mol. The first-order valence-corrected chi connectivity index (χ1v) is 10.6. The third-order valence-electron chi connectivity index (χ3n) is 5.49. The van der Waals surface area contributed by atoms with Gasteiger partial charge in [-0.3, -0.25) is 9.59 Å². The molecule has 0 saturated carbocycles. The third kappa shape index (κ3) is 7.13. The van der Waals surface area contributed by atoms with Gasteiger partial charge in [0, 0.05) is 32.5 Å². The van der Waals surface area contributed by atoms with Crippen LogP contribution in [0.15, 0.2) is 0 Å². The summed E-state index contributed by atoms with van der Waals surface area (Å²) in [7, 11) is 0. The lowest BCUT2D eigenvalue weighted by Gasteiger charge is -2.40. The topological polar surface area (TPSA) is 92.9 Å². The van der Waals surface area contributed by atoms with E-state index in [0.29, 0.717) is 25.9 Å². The van der Waals surface area contributed by atoms with Crippen molar-refractivity contribution in [3.8, 4) is 0 Å². The highest BCUT2D eigenvalue weighted by Gasteiger charge is 2.36. The van der Waals surface area contributed by atoms with Crippen LogP contribution in [0.25, 0.3) is 0 Å². The number of rotatable bonds is 2. The normalized spacial score (nSPS) is 24.0. The van der Waals surface area contributed by atoms with E-state index < -0.39 is 12.1 Å². The standard InChI is InChI=1S/C20H35N3O4/c21-12-15-27-20(26)22-13-14-23-17(16-22)18(24)10-8-6-4-2-1-3-5-7-9-11-19(23)25/h17H,1-16,21H2. The number of carbonyl (C=O) groups is 3. The smallest absolute Gasteiger partial charge is 0.409 e. The van der Waals surface area contributed by atoms with Gasteiger partial charge in [0.2, 0.25) is 5.91 Å². The first-order chi connectivity index (χ1) is 13.1. The van der Waals surface area contributed by atoms with E-state index in [9.17, 15) is 14.4 Å². The summed E-state index contributed by atoms with van der Waals surface area (Å²) in [6, 6.07) is -0.540. The van der Waals surface area contributed by atoms with Gasteiger partial charge in [0.1, 0.15) is 12.6 Å². The van der Waals surface area contributed by atoms with Gasteiger partial charge in [-0.1, -0.05) is 44.9 Å². The first-order valence-electron chi connectivity index (χ1n) is 10.6. The molecule has 27 heavy (non-hydrogen) atoms. The molecule has 2 aliphatic rings. The van der Waals surface area contributed by atoms with Gasteiger partial charge in [0.15, 0.2) is 5.78 Å². The van der Waals surface area contributed by atoms with Crippen LogP contribution in [0.1, 0.15) is 70.6 Å². The predicted molar refractivity (Wildman–Crippen MR) is 103 cm³/mol. The summed E-state index contributed by atoms with van der Waals surface area (Å²) in [5, 5.41) is 0.